The lowest BCUT2D eigenvalue weighted by molar-refractivity contribution is 0.00908. The molecule has 0 aliphatic carbocycles. The molecule has 0 saturated carbocycles. The second-order valence-corrected chi connectivity index (χ2v) is 7.74. The Morgan fingerprint density at radius 1 is 1.27 bits per heavy atom. The molecule has 4 heterocycles. The highest BCUT2D eigenvalue weighted by Gasteiger charge is 2.32. The molecule has 0 aromatic carbocycles. The topological polar surface area (TPSA) is 65.2 Å². The van der Waals surface area contributed by atoms with Crippen molar-refractivity contribution in [2.45, 2.75) is 52.4 Å². The van der Waals surface area contributed by atoms with Crippen molar-refractivity contribution in [2.75, 3.05) is 0 Å². The van der Waals surface area contributed by atoms with Crippen LogP contribution in [0.2, 0.25) is 0 Å². The van der Waals surface area contributed by atoms with Crippen molar-refractivity contribution in [1.82, 2.24) is 24.2 Å². The fraction of sp³-hybridized carbons (Fsp3) is 0.421. The van der Waals surface area contributed by atoms with Gasteiger partial charge in [0.2, 0.25) is 0 Å². The highest BCUT2D eigenvalue weighted by molar-refractivity contribution is 5.81. The van der Waals surface area contributed by atoms with Gasteiger partial charge in [-0.3, -0.25) is 14.6 Å². The number of amides is 1. The molecule has 7 nitrogen and oxygen atoms in total. The molecule has 7 heteroatoms. The lowest BCUT2D eigenvalue weighted by atomic mass is 10.2. The first-order valence-electron chi connectivity index (χ1n) is 8.79. The Hall–Kier alpha value is -2.83. The number of rotatable bonds is 1. The number of hydrogen-bond acceptors (Lipinski definition) is 4. The van der Waals surface area contributed by atoms with Gasteiger partial charge in [-0.25, -0.2) is 4.79 Å². The van der Waals surface area contributed by atoms with Gasteiger partial charge in [0, 0.05) is 24.0 Å². The van der Waals surface area contributed by atoms with E-state index in [1.807, 2.05) is 63.1 Å². The molecule has 0 unspecified atom stereocenters. The van der Waals surface area contributed by atoms with Gasteiger partial charge >= 0.3 is 6.09 Å². The van der Waals surface area contributed by atoms with Crippen molar-refractivity contribution in [3.05, 3.63) is 42.6 Å². The van der Waals surface area contributed by atoms with E-state index in [9.17, 15) is 4.79 Å². The highest BCUT2D eigenvalue weighted by atomic mass is 16.6. The molecule has 0 spiro atoms. The van der Waals surface area contributed by atoms with E-state index >= 15 is 0 Å². The molecule has 0 N–H and O–H groups in total. The molecular weight excluding hydrogens is 330 g/mol. The Kier molecular flexibility index (Phi) is 3.75. The molecule has 1 aliphatic heterocycles. The molecule has 26 heavy (non-hydrogen) atoms. The lowest BCUT2D eigenvalue weighted by Gasteiger charge is -2.35. The summed E-state index contributed by atoms with van der Waals surface area (Å²) in [6, 6.07) is 4.04. The van der Waals surface area contributed by atoms with Crippen LogP contribution in [0, 0.1) is 0 Å². The van der Waals surface area contributed by atoms with Crippen LogP contribution in [-0.2, 0) is 17.8 Å². The van der Waals surface area contributed by atoms with Crippen molar-refractivity contribution in [1.29, 1.82) is 0 Å². The van der Waals surface area contributed by atoms with E-state index in [2.05, 4.69) is 14.6 Å². The Morgan fingerprint density at radius 2 is 2.08 bits per heavy atom. The molecule has 1 atom stereocenters. The summed E-state index contributed by atoms with van der Waals surface area (Å²) in [4.78, 5) is 18.6. The van der Waals surface area contributed by atoms with Gasteiger partial charge in [-0.2, -0.15) is 5.10 Å². The average molecular weight is 353 g/mol. The number of carbonyl (C=O) groups is 1. The van der Waals surface area contributed by atoms with Gasteiger partial charge in [0.05, 0.1) is 42.2 Å². The molecule has 0 saturated heterocycles. The molecule has 1 amide bonds. The van der Waals surface area contributed by atoms with Crippen LogP contribution in [-0.4, -0.2) is 42.0 Å². The van der Waals surface area contributed by atoms with Crippen LogP contribution in [0.5, 0.6) is 0 Å². The minimum atomic E-state index is -0.513. The number of hydrogen-bond donors (Lipinski definition) is 0. The first-order chi connectivity index (χ1) is 12.3. The normalized spacial score (nSPS) is 17.4. The second-order valence-electron chi connectivity index (χ2n) is 7.74. The van der Waals surface area contributed by atoms with E-state index in [-0.39, 0.29) is 12.1 Å². The number of ether oxygens (including phenoxy) is 1. The first-order valence-corrected chi connectivity index (χ1v) is 8.79. The van der Waals surface area contributed by atoms with Crippen LogP contribution in [0.3, 0.4) is 0 Å². The third-order valence-electron chi connectivity index (χ3n) is 4.59. The maximum atomic E-state index is 12.6. The number of nitrogens with zero attached hydrogens (tertiary/aromatic N) is 5. The molecule has 136 valence electrons. The summed E-state index contributed by atoms with van der Waals surface area (Å²) >= 11 is 0. The molecule has 0 fully saturated rings. The van der Waals surface area contributed by atoms with Crippen LogP contribution in [0.4, 0.5) is 4.79 Å². The predicted molar refractivity (Wildman–Crippen MR) is 98.1 cm³/mol. The Morgan fingerprint density at radius 3 is 2.85 bits per heavy atom. The van der Waals surface area contributed by atoms with Crippen LogP contribution < -0.4 is 0 Å². The van der Waals surface area contributed by atoms with Crippen molar-refractivity contribution in [3.8, 4) is 5.69 Å². The zero-order valence-corrected chi connectivity index (χ0v) is 15.5. The molecule has 0 bridgehead atoms. The SMILES string of the molecule is C[C@H]1Cn2ncc(-n3ccc4cnccc43)c2CN1C(=O)OC(C)(C)C. The molecule has 1 aliphatic rings. The van der Waals surface area contributed by atoms with E-state index in [1.54, 1.807) is 11.1 Å². The van der Waals surface area contributed by atoms with Crippen LogP contribution in [0.25, 0.3) is 16.6 Å². The fourth-order valence-corrected chi connectivity index (χ4v) is 3.35. The van der Waals surface area contributed by atoms with Crippen molar-refractivity contribution in [3.63, 3.8) is 0 Å². The summed E-state index contributed by atoms with van der Waals surface area (Å²) in [6.45, 7) is 8.79. The van der Waals surface area contributed by atoms with Crippen LogP contribution in [0.1, 0.15) is 33.4 Å². The van der Waals surface area contributed by atoms with Crippen molar-refractivity contribution in [2.24, 2.45) is 0 Å². The van der Waals surface area contributed by atoms with E-state index in [0.29, 0.717) is 13.1 Å². The van der Waals surface area contributed by atoms with Gasteiger partial charge in [-0.15, -0.1) is 0 Å². The minimum Gasteiger partial charge on any atom is -0.444 e. The second kappa shape index (κ2) is 5.86. The Balaban J connectivity index is 1.70. The van der Waals surface area contributed by atoms with Gasteiger partial charge in [0.15, 0.2) is 0 Å². The summed E-state index contributed by atoms with van der Waals surface area (Å²) in [5, 5.41) is 5.61. The number of pyridine rings is 1. The number of aromatic nitrogens is 4. The smallest absolute Gasteiger partial charge is 0.410 e. The zero-order chi connectivity index (χ0) is 18.5. The predicted octanol–water partition coefficient (Wildman–Crippen LogP) is 3.36. The van der Waals surface area contributed by atoms with E-state index < -0.39 is 5.60 Å². The summed E-state index contributed by atoms with van der Waals surface area (Å²) < 4.78 is 9.66. The Bertz CT molecular complexity index is 966. The van der Waals surface area contributed by atoms with E-state index in [0.717, 1.165) is 22.3 Å². The maximum Gasteiger partial charge on any atom is 0.410 e. The quantitative estimate of drug-likeness (QED) is 0.673. The largest absolute Gasteiger partial charge is 0.444 e. The van der Waals surface area contributed by atoms with Gasteiger partial charge in [-0.05, 0) is 39.8 Å². The molecule has 0 radical (unpaired) electrons. The summed E-state index contributed by atoms with van der Waals surface area (Å²) in [7, 11) is 0. The number of carbonyl (C=O) groups excluding carboxylic acids is 1. The van der Waals surface area contributed by atoms with Gasteiger partial charge in [-0.1, -0.05) is 0 Å². The molecular formula is C19H23N5O2. The number of fused-ring (bicyclic) bond motifs is 2. The van der Waals surface area contributed by atoms with Crippen molar-refractivity contribution >= 4 is 17.0 Å². The zero-order valence-electron chi connectivity index (χ0n) is 15.5. The molecule has 3 aromatic rings. The third-order valence-corrected chi connectivity index (χ3v) is 4.59. The molecule has 4 rings (SSSR count). The van der Waals surface area contributed by atoms with Gasteiger partial charge in [0.25, 0.3) is 0 Å². The summed E-state index contributed by atoms with van der Waals surface area (Å²) in [5.74, 6) is 0. The maximum absolute atomic E-state index is 12.6. The average Bonchev–Trinajstić information content (AvgIpc) is 3.15. The van der Waals surface area contributed by atoms with Gasteiger partial charge in [0.1, 0.15) is 5.60 Å². The lowest BCUT2D eigenvalue weighted by Crippen LogP contribution is -2.47. The van der Waals surface area contributed by atoms with Crippen LogP contribution >= 0.6 is 0 Å². The first kappa shape index (κ1) is 16.6. The fourth-order valence-electron chi connectivity index (χ4n) is 3.35. The van der Waals surface area contributed by atoms with Crippen molar-refractivity contribution < 1.29 is 9.53 Å². The monoisotopic (exact) mass is 353 g/mol. The Labute approximate surface area is 152 Å². The summed E-state index contributed by atoms with van der Waals surface area (Å²) in [6.07, 6.45) is 7.21. The third kappa shape index (κ3) is 2.83. The van der Waals surface area contributed by atoms with Gasteiger partial charge < -0.3 is 9.30 Å². The minimum absolute atomic E-state index is 0.0238. The van der Waals surface area contributed by atoms with Crippen LogP contribution in [0.15, 0.2) is 36.9 Å². The van der Waals surface area contributed by atoms with E-state index in [1.165, 1.54) is 0 Å². The van der Waals surface area contributed by atoms with E-state index in [4.69, 9.17) is 4.74 Å². The summed E-state index contributed by atoms with van der Waals surface area (Å²) in [5.41, 5.74) is 2.54. The standard InChI is InChI=1S/C19H23N5O2/c1-13-11-24-17(12-23(13)18(25)26-19(2,3)4)16(10-21-24)22-8-6-14-9-20-7-5-15(14)22/h5-10,13H,11-12H2,1-4H3/t13-/m0/s1. The highest BCUT2D eigenvalue weighted by Crippen LogP contribution is 2.27. The molecule has 3 aromatic heterocycles.